The molecule has 18 heteroatoms. The molecule has 4 aliphatic heterocycles. The quantitative estimate of drug-likeness (QED) is 0.0582. The molecule has 0 bridgehead atoms. The van der Waals surface area contributed by atoms with E-state index in [9.17, 15) is 33.6 Å². The molecule has 3 fully saturated rings. The Balaban J connectivity index is 0.894. The molecule has 274 valence electrons. The van der Waals surface area contributed by atoms with Crippen molar-refractivity contribution in [2.24, 2.45) is 0 Å². The summed E-state index contributed by atoms with van der Waals surface area (Å²) in [6, 6.07) is 7.77. The Morgan fingerprint density at radius 2 is 1.43 bits per heavy atom. The molecule has 0 aromatic heterocycles. The third kappa shape index (κ3) is 10.9. The van der Waals surface area contributed by atoms with Crippen LogP contribution < -0.4 is 31.9 Å². The number of unbranched alkanes of at least 4 members (excludes halogenated alkanes) is 1. The monoisotopic (exact) mass is 741 g/mol. The molecule has 4 aliphatic rings. The summed E-state index contributed by atoms with van der Waals surface area (Å²) in [6.07, 6.45) is 5.35. The van der Waals surface area contributed by atoms with E-state index in [0.29, 0.717) is 44.4 Å². The van der Waals surface area contributed by atoms with Crippen molar-refractivity contribution in [3.63, 3.8) is 0 Å². The molecule has 16 nitrogen and oxygen atoms in total. The Kier molecular flexibility index (Phi) is 13.2. The number of thiocarbonyl (C=S) groups is 1. The minimum atomic E-state index is -0.467. The molecule has 3 saturated heterocycles. The maximum atomic E-state index is 12.7. The standard InChI is InChI=1S/C33H43N9O7S2/c43-25(4-2-1-3-24-31-23(20-51-24)38-32(49)39-31)34-17-21-5-7-22(8-6-21)37-33(50)36-19-30(48)41-15-13-40(14-16-41)29(47)18-35-26(44)11-12-42-27(45)9-10-28(42)46/h5-10,23-24,31H,1-4,11-20H2,(H,34,43)(H,35,44)(H2,36,37,50)(H2,38,39,49)/t23-,24-,31-/m0/s1. The highest BCUT2D eigenvalue weighted by Crippen LogP contribution is 2.33. The van der Waals surface area contributed by atoms with Gasteiger partial charge in [-0.25, -0.2) is 4.79 Å². The summed E-state index contributed by atoms with van der Waals surface area (Å²) >= 11 is 7.23. The Morgan fingerprint density at radius 1 is 0.804 bits per heavy atom. The highest BCUT2D eigenvalue weighted by atomic mass is 32.2. The van der Waals surface area contributed by atoms with Gasteiger partial charge in [0.1, 0.15) is 0 Å². The number of urea groups is 1. The number of nitrogens with one attached hydrogen (secondary N) is 6. The minimum absolute atomic E-state index is 0.000584. The molecular formula is C33H43N9O7S2. The number of carbonyl (C=O) groups excluding carboxylic acids is 7. The molecule has 51 heavy (non-hydrogen) atoms. The van der Waals surface area contributed by atoms with Crippen molar-refractivity contribution < 1.29 is 33.6 Å². The number of hydrogen-bond donors (Lipinski definition) is 6. The van der Waals surface area contributed by atoms with Crippen LogP contribution in [0.25, 0.3) is 0 Å². The Morgan fingerprint density at radius 3 is 2.10 bits per heavy atom. The van der Waals surface area contributed by atoms with Crippen LogP contribution in [0.15, 0.2) is 36.4 Å². The molecule has 0 unspecified atom stereocenters. The number of fused-ring (bicyclic) bond motifs is 1. The molecule has 8 amide bonds. The third-order valence-corrected chi connectivity index (χ3v) is 10.8. The number of piperazine rings is 1. The largest absolute Gasteiger partial charge is 0.353 e. The molecule has 3 atom stereocenters. The predicted octanol–water partition coefficient (Wildman–Crippen LogP) is -0.583. The number of anilines is 1. The number of rotatable bonds is 15. The highest BCUT2D eigenvalue weighted by molar-refractivity contribution is 8.00. The minimum Gasteiger partial charge on any atom is -0.353 e. The smallest absolute Gasteiger partial charge is 0.315 e. The fraction of sp³-hybridized carbons (Fsp3) is 0.515. The lowest BCUT2D eigenvalue weighted by atomic mass is 10.0. The first kappa shape index (κ1) is 37.5. The lowest BCUT2D eigenvalue weighted by Gasteiger charge is -2.35. The molecule has 0 radical (unpaired) electrons. The van der Waals surface area contributed by atoms with Crippen LogP contribution in [0.5, 0.6) is 0 Å². The lowest BCUT2D eigenvalue weighted by Crippen LogP contribution is -2.54. The van der Waals surface area contributed by atoms with Gasteiger partial charge in [-0.3, -0.25) is 33.7 Å². The van der Waals surface area contributed by atoms with Crippen molar-refractivity contribution in [1.29, 1.82) is 0 Å². The van der Waals surface area contributed by atoms with E-state index in [2.05, 4.69) is 31.9 Å². The molecule has 1 aromatic carbocycles. The molecule has 0 saturated carbocycles. The first-order valence-electron chi connectivity index (χ1n) is 17.0. The van der Waals surface area contributed by atoms with E-state index >= 15 is 0 Å². The summed E-state index contributed by atoms with van der Waals surface area (Å²) < 4.78 is 0. The second-order valence-electron chi connectivity index (χ2n) is 12.6. The maximum absolute atomic E-state index is 12.7. The zero-order chi connectivity index (χ0) is 36.3. The highest BCUT2D eigenvalue weighted by Gasteiger charge is 2.42. The predicted molar refractivity (Wildman–Crippen MR) is 193 cm³/mol. The van der Waals surface area contributed by atoms with Crippen molar-refractivity contribution in [3.05, 3.63) is 42.0 Å². The van der Waals surface area contributed by atoms with Gasteiger partial charge in [0.2, 0.25) is 23.6 Å². The van der Waals surface area contributed by atoms with E-state index in [0.717, 1.165) is 53.3 Å². The van der Waals surface area contributed by atoms with Crippen molar-refractivity contribution in [1.82, 2.24) is 41.3 Å². The molecule has 1 aromatic rings. The number of benzene rings is 1. The summed E-state index contributed by atoms with van der Waals surface area (Å²) in [6.45, 7) is 1.43. The average molecular weight is 742 g/mol. The molecule has 0 spiro atoms. The second kappa shape index (κ2) is 18.0. The zero-order valence-electron chi connectivity index (χ0n) is 28.1. The average Bonchev–Trinajstić information content (AvgIpc) is 3.79. The number of imide groups is 1. The van der Waals surface area contributed by atoms with Gasteiger partial charge in [-0.2, -0.15) is 11.8 Å². The first-order chi connectivity index (χ1) is 24.5. The van der Waals surface area contributed by atoms with E-state index in [1.807, 2.05) is 36.0 Å². The number of hydrogen-bond acceptors (Lipinski definition) is 9. The van der Waals surface area contributed by atoms with Crippen LogP contribution in [0.2, 0.25) is 0 Å². The van der Waals surface area contributed by atoms with Crippen molar-refractivity contribution in [3.8, 4) is 0 Å². The topological polar surface area (TPSA) is 201 Å². The summed E-state index contributed by atoms with van der Waals surface area (Å²) in [4.78, 5) is 88.6. The van der Waals surface area contributed by atoms with Crippen LogP contribution >= 0.6 is 24.0 Å². The molecular weight excluding hydrogens is 699 g/mol. The molecule has 4 heterocycles. The van der Waals surface area contributed by atoms with E-state index in [4.69, 9.17) is 12.2 Å². The summed E-state index contributed by atoms with van der Waals surface area (Å²) in [5, 5.41) is 18.1. The normalized spacial score (nSPS) is 20.8. The number of thioether (sulfide) groups is 1. The van der Waals surface area contributed by atoms with Gasteiger partial charge in [0.05, 0.1) is 25.2 Å². The van der Waals surface area contributed by atoms with Crippen LogP contribution in [0.4, 0.5) is 10.5 Å². The maximum Gasteiger partial charge on any atom is 0.315 e. The first-order valence-corrected chi connectivity index (χ1v) is 18.5. The lowest BCUT2D eigenvalue weighted by molar-refractivity contribution is -0.139. The fourth-order valence-electron chi connectivity index (χ4n) is 6.16. The Bertz CT molecular complexity index is 1530. The van der Waals surface area contributed by atoms with E-state index in [-0.39, 0.29) is 67.0 Å². The van der Waals surface area contributed by atoms with E-state index in [1.54, 1.807) is 9.80 Å². The zero-order valence-corrected chi connectivity index (χ0v) is 29.7. The Hall–Kier alpha value is -4.71. The third-order valence-electron chi connectivity index (χ3n) is 9.07. The van der Waals surface area contributed by atoms with Crippen molar-refractivity contribution >= 4 is 76.3 Å². The summed E-state index contributed by atoms with van der Waals surface area (Å²) in [5.41, 5.74) is 1.66. The van der Waals surface area contributed by atoms with E-state index < -0.39 is 17.7 Å². The van der Waals surface area contributed by atoms with Gasteiger partial charge in [0.15, 0.2) is 5.11 Å². The molecule has 6 N–H and O–H groups in total. The van der Waals surface area contributed by atoms with Crippen molar-refractivity contribution in [2.45, 2.75) is 56.0 Å². The molecule has 5 rings (SSSR count). The van der Waals surface area contributed by atoms with Gasteiger partial charge in [0.25, 0.3) is 11.8 Å². The van der Waals surface area contributed by atoms with Gasteiger partial charge >= 0.3 is 6.03 Å². The van der Waals surface area contributed by atoms with Gasteiger partial charge in [-0.05, 0) is 42.8 Å². The van der Waals surface area contributed by atoms with Gasteiger partial charge in [0, 0.05) is 81.0 Å². The number of amides is 8. The van der Waals surface area contributed by atoms with Crippen LogP contribution in [0.3, 0.4) is 0 Å². The Labute approximate surface area is 305 Å². The second-order valence-corrected chi connectivity index (χ2v) is 14.3. The fourth-order valence-corrected chi connectivity index (χ4v) is 7.89. The summed E-state index contributed by atoms with van der Waals surface area (Å²) in [5.74, 6) is -0.908. The van der Waals surface area contributed by atoms with Gasteiger partial charge < -0.3 is 41.7 Å². The van der Waals surface area contributed by atoms with Crippen LogP contribution in [0.1, 0.15) is 37.7 Å². The number of nitrogens with zero attached hydrogens (tertiary/aromatic N) is 3. The van der Waals surface area contributed by atoms with Crippen LogP contribution in [-0.4, -0.2) is 130 Å². The summed E-state index contributed by atoms with van der Waals surface area (Å²) in [7, 11) is 0. The SMILES string of the molecule is O=C(CCN1C(=O)C=CC1=O)NCC(=O)N1CCN(C(=O)CNC(=S)Nc2ccc(CNC(=O)CCCC[C@@H]3SC[C@@H]4NC(=O)N[C@@H]43)cc2)CC1. The van der Waals surface area contributed by atoms with Crippen LogP contribution in [0, 0.1) is 0 Å². The molecule has 0 aliphatic carbocycles. The van der Waals surface area contributed by atoms with E-state index in [1.165, 1.54) is 0 Å². The van der Waals surface area contributed by atoms with Crippen LogP contribution in [-0.2, 0) is 35.3 Å². The number of carbonyl (C=O) groups is 7. The van der Waals surface area contributed by atoms with Gasteiger partial charge in [-0.1, -0.05) is 18.6 Å². The van der Waals surface area contributed by atoms with Crippen molar-refractivity contribution in [2.75, 3.05) is 56.9 Å². The van der Waals surface area contributed by atoms with Gasteiger partial charge in [-0.15, -0.1) is 0 Å².